The van der Waals surface area contributed by atoms with Crippen LogP contribution in [0.1, 0.15) is 12.8 Å². The molecule has 1 saturated carbocycles. The van der Waals surface area contributed by atoms with Crippen LogP contribution in [0.3, 0.4) is 0 Å². The molecule has 0 heterocycles. The third-order valence-corrected chi connectivity index (χ3v) is 2.02. The lowest BCUT2D eigenvalue weighted by atomic mass is 9.85. The van der Waals surface area contributed by atoms with E-state index >= 15 is 0 Å². The molecular weight excluding hydrogens is 160 g/mol. The number of hydrogen-bond donors (Lipinski definition) is 1. The number of carbonyl (C=O) groups is 2. The zero-order chi connectivity index (χ0) is 9.14. The number of ether oxygens (including phenoxy) is 1. The molecule has 0 bridgehead atoms. The minimum absolute atomic E-state index is 0.104. The Labute approximate surface area is 70.5 Å². The van der Waals surface area contributed by atoms with E-state index in [-0.39, 0.29) is 36.9 Å². The van der Waals surface area contributed by atoms with E-state index in [1.165, 1.54) is 7.11 Å². The summed E-state index contributed by atoms with van der Waals surface area (Å²) in [4.78, 5) is 21.9. The Bertz CT molecular complexity index is 199. The predicted octanol–water partition coefficient (Wildman–Crippen LogP) is -0.458. The third-order valence-electron chi connectivity index (χ3n) is 2.02. The molecule has 0 aromatic rings. The standard InChI is InChI=1S/C8H12O4/c1-12-4-5-2-6(9)3-7(10)8(5)11/h5,8,11H,2-4H2,1H3. The van der Waals surface area contributed by atoms with Gasteiger partial charge < -0.3 is 9.84 Å². The molecule has 0 spiro atoms. The van der Waals surface area contributed by atoms with E-state index in [9.17, 15) is 14.7 Å². The van der Waals surface area contributed by atoms with Crippen molar-refractivity contribution < 1.29 is 19.4 Å². The SMILES string of the molecule is COCC1CC(=O)CC(=O)C1O. The van der Waals surface area contributed by atoms with Gasteiger partial charge in [-0.05, 0) is 0 Å². The van der Waals surface area contributed by atoms with Crippen molar-refractivity contribution in [1.29, 1.82) is 0 Å². The Morgan fingerprint density at radius 1 is 1.58 bits per heavy atom. The van der Waals surface area contributed by atoms with E-state index < -0.39 is 6.10 Å². The summed E-state index contributed by atoms with van der Waals surface area (Å²) in [6, 6.07) is 0. The first-order valence-corrected chi connectivity index (χ1v) is 3.86. The second kappa shape index (κ2) is 3.78. The Morgan fingerprint density at radius 3 is 2.83 bits per heavy atom. The third kappa shape index (κ3) is 1.89. The molecule has 0 amide bonds. The van der Waals surface area contributed by atoms with Gasteiger partial charge in [-0.3, -0.25) is 9.59 Å². The van der Waals surface area contributed by atoms with Gasteiger partial charge in [-0.2, -0.15) is 0 Å². The quantitative estimate of drug-likeness (QED) is 0.572. The minimum Gasteiger partial charge on any atom is -0.385 e. The summed E-state index contributed by atoms with van der Waals surface area (Å²) in [6.07, 6.45) is -0.884. The van der Waals surface area contributed by atoms with Gasteiger partial charge in [-0.1, -0.05) is 0 Å². The van der Waals surface area contributed by atoms with Crippen LogP contribution < -0.4 is 0 Å². The van der Waals surface area contributed by atoms with Gasteiger partial charge >= 0.3 is 0 Å². The van der Waals surface area contributed by atoms with E-state index in [1.807, 2.05) is 0 Å². The van der Waals surface area contributed by atoms with E-state index in [0.29, 0.717) is 0 Å². The molecule has 2 unspecified atom stereocenters. The molecule has 68 valence electrons. The lowest BCUT2D eigenvalue weighted by Crippen LogP contribution is -2.39. The smallest absolute Gasteiger partial charge is 0.168 e. The summed E-state index contributed by atoms with van der Waals surface area (Å²) in [7, 11) is 1.48. The van der Waals surface area contributed by atoms with Crippen molar-refractivity contribution in [1.82, 2.24) is 0 Å². The molecule has 1 aliphatic rings. The molecule has 12 heavy (non-hydrogen) atoms. The fourth-order valence-corrected chi connectivity index (χ4v) is 1.40. The molecular formula is C8H12O4. The lowest BCUT2D eigenvalue weighted by molar-refractivity contribution is -0.141. The second-order valence-corrected chi connectivity index (χ2v) is 3.05. The van der Waals surface area contributed by atoms with E-state index in [0.717, 1.165) is 0 Å². The maximum absolute atomic E-state index is 11.0. The summed E-state index contributed by atoms with van der Waals surface area (Å²) in [6.45, 7) is 0.263. The van der Waals surface area contributed by atoms with Crippen molar-refractivity contribution in [2.24, 2.45) is 5.92 Å². The molecule has 4 nitrogen and oxygen atoms in total. The fourth-order valence-electron chi connectivity index (χ4n) is 1.40. The largest absolute Gasteiger partial charge is 0.385 e. The van der Waals surface area contributed by atoms with Crippen LogP contribution in [0.4, 0.5) is 0 Å². The van der Waals surface area contributed by atoms with Gasteiger partial charge in [-0.15, -0.1) is 0 Å². The average molecular weight is 172 g/mol. The first-order valence-electron chi connectivity index (χ1n) is 3.86. The molecule has 1 fully saturated rings. The summed E-state index contributed by atoms with van der Waals surface area (Å²) < 4.78 is 4.78. The minimum atomic E-state index is -1.01. The fraction of sp³-hybridized carbons (Fsp3) is 0.750. The maximum Gasteiger partial charge on any atom is 0.168 e. The number of carbonyl (C=O) groups excluding carboxylic acids is 2. The van der Waals surface area contributed by atoms with Crippen molar-refractivity contribution >= 4 is 11.6 Å². The Morgan fingerprint density at radius 2 is 2.25 bits per heavy atom. The number of Topliss-reactive ketones (excluding diaryl/α,β-unsaturated/α-hetero) is 2. The van der Waals surface area contributed by atoms with Gasteiger partial charge in [0.2, 0.25) is 0 Å². The van der Waals surface area contributed by atoms with Crippen LogP contribution in [0.25, 0.3) is 0 Å². The van der Waals surface area contributed by atoms with Crippen molar-refractivity contribution in [3.8, 4) is 0 Å². The topological polar surface area (TPSA) is 63.6 Å². The lowest BCUT2D eigenvalue weighted by Gasteiger charge is -2.24. The molecule has 1 aliphatic carbocycles. The van der Waals surface area contributed by atoms with E-state index in [4.69, 9.17) is 4.74 Å². The summed E-state index contributed by atoms with van der Waals surface area (Å²) in [5.74, 6) is -0.829. The normalized spacial score (nSPS) is 30.8. The van der Waals surface area contributed by atoms with E-state index in [2.05, 4.69) is 0 Å². The van der Waals surface area contributed by atoms with Gasteiger partial charge in [-0.25, -0.2) is 0 Å². The summed E-state index contributed by atoms with van der Waals surface area (Å²) >= 11 is 0. The van der Waals surface area contributed by atoms with Gasteiger partial charge in [0, 0.05) is 19.4 Å². The van der Waals surface area contributed by atoms with Crippen molar-refractivity contribution in [3.63, 3.8) is 0 Å². The van der Waals surface area contributed by atoms with Crippen LogP contribution in [0.2, 0.25) is 0 Å². The number of methoxy groups -OCH3 is 1. The first kappa shape index (κ1) is 9.35. The Balaban J connectivity index is 2.59. The molecule has 0 aromatic carbocycles. The molecule has 0 aliphatic heterocycles. The van der Waals surface area contributed by atoms with Crippen molar-refractivity contribution in [3.05, 3.63) is 0 Å². The van der Waals surface area contributed by atoms with Crippen LogP contribution >= 0.6 is 0 Å². The second-order valence-electron chi connectivity index (χ2n) is 3.05. The first-order chi connectivity index (χ1) is 5.65. The molecule has 1 rings (SSSR count). The van der Waals surface area contributed by atoms with Crippen molar-refractivity contribution in [2.45, 2.75) is 18.9 Å². The average Bonchev–Trinajstić information content (AvgIpc) is 2.00. The highest BCUT2D eigenvalue weighted by Crippen LogP contribution is 2.19. The highest BCUT2D eigenvalue weighted by Gasteiger charge is 2.34. The zero-order valence-corrected chi connectivity index (χ0v) is 6.95. The molecule has 0 radical (unpaired) electrons. The monoisotopic (exact) mass is 172 g/mol. The Kier molecular flexibility index (Phi) is 2.94. The maximum atomic E-state index is 11.0. The van der Waals surface area contributed by atoms with Crippen LogP contribution in [0.15, 0.2) is 0 Å². The van der Waals surface area contributed by atoms with Crippen LogP contribution in [0, 0.1) is 5.92 Å². The number of aliphatic hydroxyl groups excluding tert-OH is 1. The van der Waals surface area contributed by atoms with Crippen LogP contribution in [0.5, 0.6) is 0 Å². The molecule has 4 heteroatoms. The molecule has 0 saturated heterocycles. The van der Waals surface area contributed by atoms with E-state index in [1.54, 1.807) is 0 Å². The molecule has 1 N–H and O–H groups in total. The van der Waals surface area contributed by atoms with Gasteiger partial charge in [0.15, 0.2) is 5.78 Å². The molecule has 0 aromatic heterocycles. The van der Waals surface area contributed by atoms with Gasteiger partial charge in [0.05, 0.1) is 13.0 Å². The number of hydrogen-bond acceptors (Lipinski definition) is 4. The van der Waals surface area contributed by atoms with Gasteiger partial charge in [0.25, 0.3) is 0 Å². The number of ketones is 2. The summed E-state index contributed by atoms with van der Waals surface area (Å²) in [5.41, 5.74) is 0. The number of aliphatic hydroxyl groups is 1. The van der Waals surface area contributed by atoms with Crippen molar-refractivity contribution in [2.75, 3.05) is 13.7 Å². The zero-order valence-electron chi connectivity index (χ0n) is 6.95. The summed E-state index contributed by atoms with van der Waals surface area (Å²) in [5, 5.41) is 9.30. The molecule has 2 atom stereocenters. The highest BCUT2D eigenvalue weighted by atomic mass is 16.5. The Hall–Kier alpha value is -0.740. The predicted molar refractivity (Wildman–Crippen MR) is 40.6 cm³/mol. The van der Waals surface area contributed by atoms with Gasteiger partial charge in [0.1, 0.15) is 11.9 Å². The number of rotatable bonds is 2. The van der Waals surface area contributed by atoms with Crippen LogP contribution in [-0.2, 0) is 14.3 Å². The highest BCUT2D eigenvalue weighted by molar-refractivity contribution is 6.03. The van der Waals surface area contributed by atoms with Crippen LogP contribution in [-0.4, -0.2) is 36.5 Å².